The first kappa shape index (κ1) is 9.06. The zero-order chi connectivity index (χ0) is 10.1. The molecule has 14 heavy (non-hydrogen) atoms. The molecule has 0 spiro atoms. The number of hydrogen-bond donors (Lipinski definition) is 0. The quantitative estimate of drug-likeness (QED) is 0.725. The number of methoxy groups -OCH3 is 1. The van der Waals surface area contributed by atoms with E-state index >= 15 is 0 Å². The van der Waals surface area contributed by atoms with Crippen molar-refractivity contribution in [1.82, 2.24) is 9.55 Å². The van der Waals surface area contributed by atoms with Crippen LogP contribution in [0.5, 0.6) is 5.75 Å². The second-order valence-electron chi connectivity index (χ2n) is 3.53. The van der Waals surface area contributed by atoms with Gasteiger partial charge in [-0.2, -0.15) is 0 Å². The Kier molecular flexibility index (Phi) is 2.15. The van der Waals surface area contributed by atoms with Crippen LogP contribution < -0.4 is 4.74 Å². The Morgan fingerprint density at radius 1 is 1.43 bits per heavy atom. The van der Waals surface area contributed by atoms with Crippen LogP contribution in [0, 0.1) is 6.33 Å². The fourth-order valence-electron chi connectivity index (χ4n) is 1.48. The average Bonchev–Trinajstić information content (AvgIpc) is 2.59. The molecule has 0 saturated carbocycles. The first-order valence-corrected chi connectivity index (χ1v) is 4.66. The second-order valence-corrected chi connectivity index (χ2v) is 3.53. The van der Waals surface area contributed by atoms with Crippen LogP contribution in [0.3, 0.4) is 0 Å². The van der Waals surface area contributed by atoms with Crippen LogP contribution in [0.2, 0.25) is 0 Å². The Bertz CT molecular complexity index is 445. The number of rotatable bonds is 2. The Morgan fingerprint density at radius 2 is 2.21 bits per heavy atom. The van der Waals surface area contributed by atoms with Gasteiger partial charge in [0.2, 0.25) is 0 Å². The Morgan fingerprint density at radius 3 is 2.86 bits per heavy atom. The Balaban J connectivity index is 2.59. The Labute approximate surface area is 83.3 Å². The maximum Gasteiger partial charge on any atom is 0.177 e. The van der Waals surface area contributed by atoms with Gasteiger partial charge in [-0.05, 0) is 26.0 Å². The molecule has 1 aromatic heterocycles. The standard InChI is InChI=1S/C11H13N2O/c1-8(2)13-7-12-10-6-9(14-3)4-5-11(10)13/h4-6,8H,1-3H3. The molecule has 0 aliphatic rings. The van der Waals surface area contributed by atoms with Crippen LogP contribution in [-0.2, 0) is 0 Å². The van der Waals surface area contributed by atoms with E-state index in [0.717, 1.165) is 16.8 Å². The molecule has 73 valence electrons. The summed E-state index contributed by atoms with van der Waals surface area (Å²) in [5, 5.41) is 0. The molecule has 0 unspecified atom stereocenters. The first-order chi connectivity index (χ1) is 6.72. The third-order valence-corrected chi connectivity index (χ3v) is 2.24. The van der Waals surface area contributed by atoms with Gasteiger partial charge in [0.15, 0.2) is 6.33 Å². The monoisotopic (exact) mass is 189 g/mol. The number of fused-ring (bicyclic) bond motifs is 1. The van der Waals surface area contributed by atoms with Crippen LogP contribution in [0.1, 0.15) is 19.9 Å². The summed E-state index contributed by atoms with van der Waals surface area (Å²) in [4.78, 5) is 4.21. The van der Waals surface area contributed by atoms with Gasteiger partial charge in [-0.1, -0.05) is 0 Å². The molecule has 0 atom stereocenters. The minimum Gasteiger partial charge on any atom is -0.497 e. The highest BCUT2D eigenvalue weighted by atomic mass is 16.5. The van der Waals surface area contributed by atoms with Gasteiger partial charge < -0.3 is 9.30 Å². The minimum atomic E-state index is 0.383. The summed E-state index contributed by atoms with van der Waals surface area (Å²) in [5.41, 5.74) is 2.03. The lowest BCUT2D eigenvalue weighted by molar-refractivity contribution is 0.415. The van der Waals surface area contributed by atoms with Crippen LogP contribution in [0.15, 0.2) is 18.2 Å². The van der Waals surface area contributed by atoms with E-state index in [9.17, 15) is 0 Å². The number of aromatic nitrogens is 2. The summed E-state index contributed by atoms with van der Waals surface area (Å²) in [6.45, 7) is 4.23. The van der Waals surface area contributed by atoms with Gasteiger partial charge in [0, 0.05) is 12.1 Å². The van der Waals surface area contributed by atoms with Crippen molar-refractivity contribution in [3.63, 3.8) is 0 Å². The Hall–Kier alpha value is -1.51. The molecular weight excluding hydrogens is 176 g/mol. The lowest BCUT2D eigenvalue weighted by Crippen LogP contribution is -1.98. The summed E-state index contributed by atoms with van der Waals surface area (Å²) in [6.07, 6.45) is 2.98. The minimum absolute atomic E-state index is 0.383. The van der Waals surface area contributed by atoms with E-state index in [1.807, 2.05) is 22.8 Å². The first-order valence-electron chi connectivity index (χ1n) is 4.66. The van der Waals surface area contributed by atoms with Crippen molar-refractivity contribution in [3.8, 4) is 5.75 Å². The number of nitrogens with zero attached hydrogens (tertiary/aromatic N) is 2. The fourth-order valence-corrected chi connectivity index (χ4v) is 1.48. The molecule has 0 fully saturated rings. The molecule has 2 rings (SSSR count). The molecule has 3 nitrogen and oxygen atoms in total. The van der Waals surface area contributed by atoms with Gasteiger partial charge in [0.25, 0.3) is 0 Å². The van der Waals surface area contributed by atoms with Crippen molar-refractivity contribution in [1.29, 1.82) is 0 Å². The fraction of sp³-hybridized carbons (Fsp3) is 0.364. The summed E-state index contributed by atoms with van der Waals surface area (Å²) < 4.78 is 7.15. The van der Waals surface area contributed by atoms with E-state index in [1.54, 1.807) is 7.11 Å². The highest BCUT2D eigenvalue weighted by molar-refractivity contribution is 5.76. The van der Waals surface area contributed by atoms with Gasteiger partial charge in [0.05, 0.1) is 18.1 Å². The molecule has 0 amide bonds. The molecule has 0 aliphatic heterocycles. The smallest absolute Gasteiger partial charge is 0.177 e. The van der Waals surface area contributed by atoms with E-state index in [0.29, 0.717) is 6.04 Å². The molecule has 1 radical (unpaired) electrons. The third kappa shape index (κ3) is 1.35. The van der Waals surface area contributed by atoms with Crippen molar-refractivity contribution in [2.75, 3.05) is 7.11 Å². The topological polar surface area (TPSA) is 27.1 Å². The van der Waals surface area contributed by atoms with Gasteiger partial charge >= 0.3 is 0 Å². The van der Waals surface area contributed by atoms with Crippen molar-refractivity contribution < 1.29 is 4.74 Å². The summed E-state index contributed by atoms with van der Waals surface area (Å²) in [5.74, 6) is 0.833. The van der Waals surface area contributed by atoms with Crippen LogP contribution in [0.25, 0.3) is 11.0 Å². The molecule has 2 aromatic rings. The largest absolute Gasteiger partial charge is 0.497 e. The van der Waals surface area contributed by atoms with Gasteiger partial charge in [-0.25, -0.2) is 4.98 Å². The summed E-state index contributed by atoms with van der Waals surface area (Å²) >= 11 is 0. The van der Waals surface area contributed by atoms with Crippen LogP contribution in [0.4, 0.5) is 0 Å². The lowest BCUT2D eigenvalue weighted by atomic mass is 10.3. The maximum absolute atomic E-state index is 5.13. The van der Waals surface area contributed by atoms with E-state index in [2.05, 4.69) is 25.2 Å². The highest BCUT2D eigenvalue weighted by Gasteiger charge is 2.06. The van der Waals surface area contributed by atoms with Gasteiger partial charge in [-0.3, -0.25) is 0 Å². The average molecular weight is 189 g/mol. The summed E-state index contributed by atoms with van der Waals surface area (Å²) in [6, 6.07) is 6.26. The van der Waals surface area contributed by atoms with E-state index in [1.165, 1.54) is 0 Å². The molecular formula is C11H13N2O. The molecule has 0 N–H and O–H groups in total. The number of benzene rings is 1. The van der Waals surface area contributed by atoms with Crippen LogP contribution >= 0.6 is 0 Å². The third-order valence-electron chi connectivity index (χ3n) is 2.24. The van der Waals surface area contributed by atoms with Crippen molar-refractivity contribution >= 4 is 11.0 Å². The van der Waals surface area contributed by atoms with E-state index in [4.69, 9.17) is 4.74 Å². The lowest BCUT2D eigenvalue weighted by Gasteiger charge is -2.07. The number of ether oxygens (including phenoxy) is 1. The molecule has 0 bridgehead atoms. The summed E-state index contributed by atoms with van der Waals surface area (Å²) in [7, 11) is 1.66. The second kappa shape index (κ2) is 3.33. The predicted octanol–water partition coefficient (Wildman–Crippen LogP) is 2.43. The van der Waals surface area contributed by atoms with E-state index in [-0.39, 0.29) is 0 Å². The normalized spacial score (nSPS) is 11.1. The molecule has 1 heterocycles. The SMILES string of the molecule is COc1ccc2c(c1)n[c]n2C(C)C. The molecule has 0 saturated heterocycles. The molecule has 3 heteroatoms. The van der Waals surface area contributed by atoms with Crippen molar-refractivity contribution in [2.45, 2.75) is 19.9 Å². The zero-order valence-electron chi connectivity index (χ0n) is 8.61. The van der Waals surface area contributed by atoms with Crippen molar-refractivity contribution in [3.05, 3.63) is 24.5 Å². The maximum atomic E-state index is 5.13. The zero-order valence-corrected chi connectivity index (χ0v) is 8.61. The van der Waals surface area contributed by atoms with Gasteiger partial charge in [0.1, 0.15) is 5.75 Å². The van der Waals surface area contributed by atoms with E-state index < -0.39 is 0 Å². The number of imidazole rings is 1. The van der Waals surface area contributed by atoms with Crippen molar-refractivity contribution in [2.24, 2.45) is 0 Å². The predicted molar refractivity (Wildman–Crippen MR) is 55.5 cm³/mol. The molecule has 0 aliphatic carbocycles. The van der Waals surface area contributed by atoms with Crippen LogP contribution in [-0.4, -0.2) is 16.7 Å². The highest BCUT2D eigenvalue weighted by Crippen LogP contribution is 2.21. The number of hydrogen-bond acceptors (Lipinski definition) is 2. The molecule has 1 aromatic carbocycles. The van der Waals surface area contributed by atoms with Gasteiger partial charge in [-0.15, -0.1) is 0 Å².